The van der Waals surface area contributed by atoms with E-state index in [0.29, 0.717) is 17.1 Å². The third-order valence-corrected chi connectivity index (χ3v) is 7.01. The first-order valence-electron chi connectivity index (χ1n) is 10.1. The zero-order valence-corrected chi connectivity index (χ0v) is 18.9. The molecule has 5 nitrogen and oxygen atoms in total. The molecule has 0 bridgehead atoms. The van der Waals surface area contributed by atoms with Gasteiger partial charge in [0.2, 0.25) is 0 Å². The summed E-state index contributed by atoms with van der Waals surface area (Å²) < 4.78 is 6.88. The lowest BCUT2D eigenvalue weighted by Crippen LogP contribution is -2.13. The Kier molecular flexibility index (Phi) is 5.75. The van der Waals surface area contributed by atoms with Crippen molar-refractivity contribution in [1.82, 2.24) is 10.2 Å². The molecule has 0 saturated carbocycles. The molecule has 5 aromatic rings. The molecule has 5 rings (SSSR count). The van der Waals surface area contributed by atoms with Crippen molar-refractivity contribution >= 4 is 45.7 Å². The predicted octanol–water partition coefficient (Wildman–Crippen LogP) is 6.80. The van der Waals surface area contributed by atoms with E-state index < -0.39 is 0 Å². The Morgan fingerprint density at radius 1 is 0.969 bits per heavy atom. The first-order valence-corrected chi connectivity index (χ1v) is 11.9. The van der Waals surface area contributed by atoms with Crippen LogP contribution in [-0.2, 0) is 5.75 Å². The van der Waals surface area contributed by atoms with E-state index in [-0.39, 0.29) is 5.91 Å². The molecule has 3 aromatic carbocycles. The number of nitrogens with zero attached hydrogens (tertiary/aromatic N) is 2. The number of hydrogen-bond donors (Lipinski definition) is 1. The number of fused-ring (bicyclic) bond motifs is 1. The van der Waals surface area contributed by atoms with Crippen LogP contribution in [-0.4, -0.2) is 16.1 Å². The van der Waals surface area contributed by atoms with E-state index in [1.807, 2.05) is 85.8 Å². The van der Waals surface area contributed by atoms with Crippen molar-refractivity contribution in [2.24, 2.45) is 0 Å². The summed E-state index contributed by atoms with van der Waals surface area (Å²) in [5.74, 6) is 0.616. The molecule has 0 aliphatic carbocycles. The largest absolute Gasteiger partial charge is 0.451 e. The van der Waals surface area contributed by atoms with Crippen LogP contribution in [0.15, 0.2) is 87.6 Å². The molecule has 0 aliphatic rings. The smallest absolute Gasteiger partial charge is 0.291 e. The zero-order chi connectivity index (χ0) is 21.9. The maximum Gasteiger partial charge on any atom is 0.291 e. The molecule has 0 radical (unpaired) electrons. The Bertz CT molecular complexity index is 1390. The third-order valence-electron chi connectivity index (χ3n) is 5.01. The van der Waals surface area contributed by atoms with E-state index in [4.69, 9.17) is 4.42 Å². The average Bonchev–Trinajstić information content (AvgIpc) is 3.41. The first-order chi connectivity index (χ1) is 15.7. The fraction of sp³-hybridized carbons (Fsp3) is 0.0800. The van der Waals surface area contributed by atoms with Crippen LogP contribution in [0.5, 0.6) is 0 Å². The monoisotopic (exact) mass is 457 g/mol. The van der Waals surface area contributed by atoms with Gasteiger partial charge in [-0.05, 0) is 24.6 Å². The summed E-state index contributed by atoms with van der Waals surface area (Å²) in [5.41, 5.74) is 4.28. The van der Waals surface area contributed by atoms with Crippen molar-refractivity contribution in [2.75, 3.05) is 5.32 Å². The van der Waals surface area contributed by atoms with E-state index in [1.54, 1.807) is 23.1 Å². The van der Waals surface area contributed by atoms with Gasteiger partial charge in [0, 0.05) is 28.0 Å². The highest BCUT2D eigenvalue weighted by atomic mass is 32.2. The Balaban J connectivity index is 1.48. The van der Waals surface area contributed by atoms with Gasteiger partial charge in [0.1, 0.15) is 10.6 Å². The highest BCUT2D eigenvalue weighted by Crippen LogP contribution is 2.34. The molecular weight excluding hydrogens is 438 g/mol. The van der Waals surface area contributed by atoms with Crippen molar-refractivity contribution in [2.45, 2.75) is 17.0 Å². The second-order valence-corrected chi connectivity index (χ2v) is 9.55. The minimum atomic E-state index is -0.270. The summed E-state index contributed by atoms with van der Waals surface area (Å²) in [6.45, 7) is 1.93. The zero-order valence-electron chi connectivity index (χ0n) is 17.2. The van der Waals surface area contributed by atoms with Gasteiger partial charge >= 0.3 is 0 Å². The number of benzene rings is 3. The minimum absolute atomic E-state index is 0.270. The number of amides is 1. The van der Waals surface area contributed by atoms with E-state index >= 15 is 0 Å². The summed E-state index contributed by atoms with van der Waals surface area (Å²) in [6.07, 6.45) is 0. The highest BCUT2D eigenvalue weighted by Gasteiger charge is 2.22. The van der Waals surface area contributed by atoms with Gasteiger partial charge in [-0.3, -0.25) is 4.79 Å². The number of rotatable bonds is 6. The summed E-state index contributed by atoms with van der Waals surface area (Å²) in [4.78, 5) is 13.4. The van der Waals surface area contributed by atoms with Gasteiger partial charge in [-0.1, -0.05) is 89.8 Å². The van der Waals surface area contributed by atoms with E-state index in [2.05, 4.69) is 15.5 Å². The molecule has 158 valence electrons. The van der Waals surface area contributed by atoms with Crippen LogP contribution in [0.2, 0.25) is 0 Å². The summed E-state index contributed by atoms with van der Waals surface area (Å²) in [5, 5.41) is 13.2. The summed E-state index contributed by atoms with van der Waals surface area (Å²) in [7, 11) is 0. The van der Waals surface area contributed by atoms with Crippen LogP contribution in [0.1, 0.15) is 21.1 Å². The van der Waals surface area contributed by atoms with Crippen LogP contribution in [0.25, 0.3) is 22.1 Å². The fourth-order valence-electron chi connectivity index (χ4n) is 3.54. The Morgan fingerprint density at radius 2 is 1.72 bits per heavy atom. The number of aromatic nitrogens is 2. The standard InChI is InChI=1S/C25H19N3O2S2/c1-16-27-28-25(32-16)31-15-20-19-12-6-8-14-22(19)30-23(20)24(29)26-21-13-7-5-11-18(21)17-9-3-2-4-10-17/h2-14H,15H2,1H3,(H,26,29). The van der Waals surface area contributed by atoms with Gasteiger partial charge in [-0.15, -0.1) is 10.2 Å². The quantitative estimate of drug-likeness (QED) is 0.284. The molecule has 0 saturated heterocycles. The number of nitrogens with one attached hydrogen (secondary N) is 1. The van der Waals surface area contributed by atoms with Crippen LogP contribution < -0.4 is 5.32 Å². The second-order valence-electron chi connectivity index (χ2n) is 7.15. The van der Waals surface area contributed by atoms with Gasteiger partial charge in [-0.2, -0.15) is 0 Å². The van der Waals surface area contributed by atoms with Crippen molar-refractivity contribution in [1.29, 1.82) is 0 Å². The van der Waals surface area contributed by atoms with Crippen LogP contribution in [0.4, 0.5) is 5.69 Å². The number of para-hydroxylation sites is 2. The molecule has 0 unspecified atom stereocenters. The lowest BCUT2D eigenvalue weighted by Gasteiger charge is -2.11. The van der Waals surface area contributed by atoms with Gasteiger partial charge in [0.15, 0.2) is 10.1 Å². The molecular formula is C25H19N3O2S2. The Labute approximate surface area is 193 Å². The fourth-order valence-corrected chi connectivity index (χ4v) is 5.38. The average molecular weight is 458 g/mol. The van der Waals surface area contributed by atoms with Crippen molar-refractivity contribution < 1.29 is 9.21 Å². The molecule has 2 aromatic heterocycles. The second kappa shape index (κ2) is 8.98. The molecule has 0 atom stereocenters. The van der Waals surface area contributed by atoms with Gasteiger partial charge < -0.3 is 9.73 Å². The topological polar surface area (TPSA) is 68.0 Å². The van der Waals surface area contributed by atoms with Crippen LogP contribution in [0.3, 0.4) is 0 Å². The lowest BCUT2D eigenvalue weighted by atomic mass is 10.0. The van der Waals surface area contributed by atoms with Gasteiger partial charge in [-0.25, -0.2) is 0 Å². The number of furan rings is 1. The molecule has 2 heterocycles. The number of carbonyl (C=O) groups excluding carboxylic acids is 1. The first kappa shape index (κ1) is 20.5. The molecule has 0 spiro atoms. The highest BCUT2D eigenvalue weighted by molar-refractivity contribution is 8.00. The van der Waals surface area contributed by atoms with Crippen LogP contribution in [0, 0.1) is 6.92 Å². The molecule has 0 fully saturated rings. The maximum absolute atomic E-state index is 13.4. The number of hydrogen-bond acceptors (Lipinski definition) is 6. The van der Waals surface area contributed by atoms with Crippen LogP contribution >= 0.6 is 23.1 Å². The van der Waals surface area contributed by atoms with Crippen molar-refractivity contribution in [3.05, 3.63) is 95.2 Å². The summed E-state index contributed by atoms with van der Waals surface area (Å²) >= 11 is 3.10. The number of thioether (sulfide) groups is 1. The molecule has 1 amide bonds. The predicted molar refractivity (Wildman–Crippen MR) is 130 cm³/mol. The van der Waals surface area contributed by atoms with E-state index in [1.165, 1.54) is 0 Å². The Hall–Kier alpha value is -3.42. The number of anilines is 1. The summed E-state index contributed by atoms with van der Waals surface area (Å²) in [6, 6.07) is 25.5. The maximum atomic E-state index is 13.4. The SMILES string of the molecule is Cc1nnc(SCc2c(C(=O)Nc3ccccc3-c3ccccc3)oc3ccccc23)s1. The molecule has 32 heavy (non-hydrogen) atoms. The van der Waals surface area contributed by atoms with E-state index in [9.17, 15) is 4.79 Å². The minimum Gasteiger partial charge on any atom is -0.451 e. The van der Waals surface area contributed by atoms with E-state index in [0.717, 1.165) is 37.1 Å². The number of carbonyl (C=O) groups is 1. The Morgan fingerprint density at radius 3 is 2.53 bits per heavy atom. The molecule has 7 heteroatoms. The van der Waals surface area contributed by atoms with Gasteiger partial charge in [0.05, 0.1) is 0 Å². The normalized spacial score (nSPS) is 11.0. The molecule has 1 N–H and O–H groups in total. The van der Waals surface area contributed by atoms with Crippen molar-refractivity contribution in [3.8, 4) is 11.1 Å². The van der Waals surface area contributed by atoms with Crippen molar-refractivity contribution in [3.63, 3.8) is 0 Å². The van der Waals surface area contributed by atoms with Gasteiger partial charge in [0.25, 0.3) is 5.91 Å². The third kappa shape index (κ3) is 4.17. The molecule has 0 aliphatic heterocycles. The lowest BCUT2D eigenvalue weighted by molar-refractivity contribution is 0.0998. The number of aryl methyl sites for hydroxylation is 1.